The number of hydrogen-bond donors (Lipinski definition) is 2. The van der Waals surface area contributed by atoms with Gasteiger partial charge in [-0.05, 0) is 0 Å². The average Bonchev–Trinajstić information content (AvgIpc) is 2.24. The zero-order valence-electron chi connectivity index (χ0n) is 9.45. The van der Waals surface area contributed by atoms with Crippen LogP contribution in [0.25, 0.3) is 6.08 Å². The molecule has 8 heteroatoms. The Kier molecular flexibility index (Phi) is 4.24. The third-order valence-electron chi connectivity index (χ3n) is 1.87. The van der Waals surface area contributed by atoms with Gasteiger partial charge in [-0.2, -0.15) is 13.2 Å². The van der Waals surface area contributed by atoms with Gasteiger partial charge in [-0.25, -0.2) is 9.97 Å². The molecule has 0 bridgehead atoms. The maximum atomic E-state index is 12.6. The Bertz CT molecular complexity index is 471. The SMILES string of the molecule is CC(=O)NCC=Cc1cnc(N)nc1C(F)(F)F. The van der Waals surface area contributed by atoms with E-state index in [9.17, 15) is 18.0 Å². The molecule has 1 aromatic heterocycles. The van der Waals surface area contributed by atoms with E-state index in [1.54, 1.807) is 0 Å². The maximum absolute atomic E-state index is 12.6. The molecule has 0 fully saturated rings. The van der Waals surface area contributed by atoms with E-state index in [-0.39, 0.29) is 18.0 Å². The van der Waals surface area contributed by atoms with Gasteiger partial charge >= 0.3 is 6.18 Å². The number of aromatic nitrogens is 2. The van der Waals surface area contributed by atoms with E-state index in [1.807, 2.05) is 0 Å². The van der Waals surface area contributed by atoms with Crippen molar-refractivity contribution in [2.75, 3.05) is 12.3 Å². The third kappa shape index (κ3) is 4.04. The van der Waals surface area contributed by atoms with Gasteiger partial charge in [-0.15, -0.1) is 0 Å². The summed E-state index contributed by atoms with van der Waals surface area (Å²) in [5.74, 6) is -0.717. The van der Waals surface area contributed by atoms with Crippen LogP contribution in [0.4, 0.5) is 19.1 Å². The molecule has 1 aromatic rings. The highest BCUT2D eigenvalue weighted by atomic mass is 19.4. The lowest BCUT2D eigenvalue weighted by Gasteiger charge is -2.09. The number of alkyl halides is 3. The first-order valence-corrected chi connectivity index (χ1v) is 4.91. The normalized spacial score (nSPS) is 11.8. The molecule has 1 rings (SSSR count). The Hall–Kier alpha value is -2.12. The summed E-state index contributed by atoms with van der Waals surface area (Å²) >= 11 is 0. The summed E-state index contributed by atoms with van der Waals surface area (Å²) in [5, 5.41) is 2.41. The molecule has 0 radical (unpaired) electrons. The predicted octanol–water partition coefficient (Wildman–Crippen LogP) is 1.23. The van der Waals surface area contributed by atoms with Crippen molar-refractivity contribution in [1.82, 2.24) is 15.3 Å². The van der Waals surface area contributed by atoms with E-state index in [2.05, 4.69) is 15.3 Å². The van der Waals surface area contributed by atoms with E-state index in [1.165, 1.54) is 19.1 Å². The summed E-state index contributed by atoms with van der Waals surface area (Å²) in [6, 6.07) is 0. The fourth-order valence-electron chi connectivity index (χ4n) is 1.14. The smallest absolute Gasteiger partial charge is 0.368 e. The lowest BCUT2D eigenvalue weighted by molar-refractivity contribution is -0.141. The van der Waals surface area contributed by atoms with Crippen LogP contribution in [0, 0.1) is 0 Å². The number of nitrogens with two attached hydrogens (primary N) is 1. The Morgan fingerprint density at radius 2 is 2.22 bits per heavy atom. The van der Waals surface area contributed by atoms with Gasteiger partial charge in [-0.1, -0.05) is 12.2 Å². The van der Waals surface area contributed by atoms with E-state index in [0.717, 1.165) is 6.20 Å². The van der Waals surface area contributed by atoms with Gasteiger partial charge in [0.15, 0.2) is 5.69 Å². The quantitative estimate of drug-likeness (QED) is 0.856. The number of amides is 1. The van der Waals surface area contributed by atoms with Crippen molar-refractivity contribution in [2.24, 2.45) is 0 Å². The van der Waals surface area contributed by atoms with Crippen LogP contribution in [0.3, 0.4) is 0 Å². The van der Waals surface area contributed by atoms with Crippen molar-refractivity contribution in [3.63, 3.8) is 0 Å². The molecule has 98 valence electrons. The van der Waals surface area contributed by atoms with Crippen LogP contribution in [0.15, 0.2) is 12.3 Å². The summed E-state index contributed by atoms with van der Waals surface area (Å²) in [4.78, 5) is 17.2. The molecule has 1 heterocycles. The minimum absolute atomic E-state index is 0.122. The minimum atomic E-state index is -4.61. The van der Waals surface area contributed by atoms with Crippen LogP contribution in [-0.4, -0.2) is 22.4 Å². The summed E-state index contributed by atoms with van der Waals surface area (Å²) in [6.45, 7) is 1.43. The van der Waals surface area contributed by atoms with Crippen molar-refractivity contribution in [2.45, 2.75) is 13.1 Å². The van der Waals surface area contributed by atoms with E-state index < -0.39 is 17.8 Å². The third-order valence-corrected chi connectivity index (χ3v) is 1.87. The molecule has 0 aliphatic heterocycles. The monoisotopic (exact) mass is 260 g/mol. The fraction of sp³-hybridized carbons (Fsp3) is 0.300. The maximum Gasteiger partial charge on any atom is 0.434 e. The summed E-state index contributed by atoms with van der Waals surface area (Å²) in [5.41, 5.74) is 3.81. The van der Waals surface area contributed by atoms with Crippen LogP contribution in [-0.2, 0) is 11.0 Å². The highest BCUT2D eigenvalue weighted by molar-refractivity contribution is 5.73. The molecule has 0 aromatic carbocycles. The average molecular weight is 260 g/mol. The molecule has 0 unspecified atom stereocenters. The molecule has 3 N–H and O–H groups in total. The summed E-state index contributed by atoms with van der Waals surface area (Å²) < 4.78 is 37.8. The second-order valence-corrected chi connectivity index (χ2v) is 3.37. The van der Waals surface area contributed by atoms with Crippen molar-refractivity contribution in [3.8, 4) is 0 Å². The molecule has 0 atom stereocenters. The zero-order chi connectivity index (χ0) is 13.8. The second-order valence-electron chi connectivity index (χ2n) is 3.37. The standard InChI is InChI=1S/C10H11F3N4O/c1-6(18)15-4-2-3-7-5-16-9(14)17-8(7)10(11,12)13/h2-3,5H,4H2,1H3,(H,15,18)(H2,14,16,17). The van der Waals surface area contributed by atoms with Gasteiger partial charge in [0, 0.05) is 25.2 Å². The molecule has 1 amide bonds. The molecule has 0 saturated carbocycles. The highest BCUT2D eigenvalue weighted by Crippen LogP contribution is 2.30. The first kappa shape index (κ1) is 13.9. The van der Waals surface area contributed by atoms with Gasteiger partial charge in [0.05, 0.1) is 0 Å². The number of nitrogen functional groups attached to an aromatic ring is 1. The predicted molar refractivity (Wildman–Crippen MR) is 59.2 cm³/mol. The molecular formula is C10H11F3N4O. The number of nitrogens with one attached hydrogen (secondary N) is 1. The Morgan fingerprint density at radius 3 is 2.78 bits per heavy atom. The topological polar surface area (TPSA) is 80.9 Å². The lowest BCUT2D eigenvalue weighted by atomic mass is 10.2. The molecular weight excluding hydrogens is 249 g/mol. The summed E-state index contributed by atoms with van der Waals surface area (Å²) in [6.07, 6.45) is -1.08. The van der Waals surface area contributed by atoms with Crippen LogP contribution in [0.1, 0.15) is 18.2 Å². The van der Waals surface area contributed by atoms with Gasteiger partial charge in [0.2, 0.25) is 11.9 Å². The summed E-state index contributed by atoms with van der Waals surface area (Å²) in [7, 11) is 0. The number of hydrogen-bond acceptors (Lipinski definition) is 4. The molecule has 0 spiro atoms. The Labute approximate surface area is 101 Å². The Balaban J connectivity index is 2.92. The van der Waals surface area contributed by atoms with Gasteiger partial charge < -0.3 is 11.1 Å². The first-order valence-electron chi connectivity index (χ1n) is 4.91. The van der Waals surface area contributed by atoms with Gasteiger partial charge in [0.25, 0.3) is 0 Å². The van der Waals surface area contributed by atoms with E-state index >= 15 is 0 Å². The van der Waals surface area contributed by atoms with Crippen molar-refractivity contribution in [1.29, 1.82) is 0 Å². The number of carbonyl (C=O) groups excluding carboxylic acids is 1. The number of nitrogens with zero attached hydrogens (tertiary/aromatic N) is 2. The highest BCUT2D eigenvalue weighted by Gasteiger charge is 2.35. The van der Waals surface area contributed by atoms with E-state index in [4.69, 9.17) is 5.73 Å². The van der Waals surface area contributed by atoms with Crippen molar-refractivity contribution in [3.05, 3.63) is 23.5 Å². The van der Waals surface area contributed by atoms with Crippen LogP contribution >= 0.6 is 0 Å². The zero-order valence-corrected chi connectivity index (χ0v) is 9.45. The van der Waals surface area contributed by atoms with Crippen LogP contribution in [0.2, 0.25) is 0 Å². The molecule has 0 saturated heterocycles. The second kappa shape index (κ2) is 5.48. The molecule has 5 nitrogen and oxygen atoms in total. The Morgan fingerprint density at radius 1 is 1.56 bits per heavy atom. The molecule has 0 aliphatic rings. The van der Waals surface area contributed by atoms with Crippen molar-refractivity contribution >= 4 is 17.9 Å². The van der Waals surface area contributed by atoms with Gasteiger partial charge in [-0.3, -0.25) is 4.79 Å². The van der Waals surface area contributed by atoms with Gasteiger partial charge in [0.1, 0.15) is 0 Å². The lowest BCUT2D eigenvalue weighted by Crippen LogP contribution is -2.19. The van der Waals surface area contributed by atoms with Crippen LogP contribution in [0.5, 0.6) is 0 Å². The minimum Gasteiger partial charge on any atom is -0.368 e. The largest absolute Gasteiger partial charge is 0.434 e. The van der Waals surface area contributed by atoms with E-state index in [0.29, 0.717) is 0 Å². The van der Waals surface area contributed by atoms with Crippen LogP contribution < -0.4 is 11.1 Å². The molecule has 0 aliphatic carbocycles. The number of anilines is 1. The number of carbonyl (C=O) groups is 1. The number of rotatable bonds is 3. The first-order chi connectivity index (χ1) is 8.30. The van der Waals surface area contributed by atoms with Crippen molar-refractivity contribution < 1.29 is 18.0 Å². The fourth-order valence-corrected chi connectivity index (χ4v) is 1.14. The molecule has 18 heavy (non-hydrogen) atoms. The number of halogens is 3.